The van der Waals surface area contributed by atoms with Crippen LogP contribution in [0.3, 0.4) is 0 Å². The largest absolute Gasteiger partial charge is 0.357 e. The van der Waals surface area contributed by atoms with E-state index in [9.17, 15) is 0 Å². The average molecular weight is 391 g/mol. The van der Waals surface area contributed by atoms with Crippen molar-refractivity contribution in [1.82, 2.24) is 24.9 Å². The minimum absolute atomic E-state index is 0.289. The van der Waals surface area contributed by atoms with Gasteiger partial charge in [-0.3, -0.25) is 9.67 Å². The summed E-state index contributed by atoms with van der Waals surface area (Å²) < 4.78 is 1.90. The maximum Gasteiger partial charge on any atom is 0.194 e. The van der Waals surface area contributed by atoms with Gasteiger partial charge in [-0.05, 0) is 38.4 Å². The van der Waals surface area contributed by atoms with Crippen LogP contribution in [0.2, 0.25) is 0 Å². The van der Waals surface area contributed by atoms with Gasteiger partial charge in [0.25, 0.3) is 0 Å². The lowest BCUT2D eigenvalue weighted by Crippen LogP contribution is -2.39. The fraction of sp³-hybridized carbons (Fsp3) is 0.600. The molecule has 0 bridgehead atoms. The summed E-state index contributed by atoms with van der Waals surface area (Å²) in [6, 6.07) is 4.58. The Morgan fingerprint density at radius 1 is 1.33 bits per heavy atom. The van der Waals surface area contributed by atoms with Crippen LogP contribution in [0.15, 0.2) is 28.7 Å². The summed E-state index contributed by atoms with van der Waals surface area (Å²) in [6.45, 7) is 8.85. The van der Waals surface area contributed by atoms with Crippen molar-refractivity contribution < 1.29 is 0 Å². The maximum absolute atomic E-state index is 4.94. The summed E-state index contributed by atoms with van der Waals surface area (Å²) in [5.74, 6) is 1.34. The highest BCUT2D eigenvalue weighted by Crippen LogP contribution is 2.23. The normalized spacial score (nSPS) is 13.4. The van der Waals surface area contributed by atoms with Gasteiger partial charge in [0, 0.05) is 43.8 Å². The second-order valence-corrected chi connectivity index (χ2v) is 8.39. The van der Waals surface area contributed by atoms with Crippen LogP contribution in [-0.4, -0.2) is 59.8 Å². The number of hydrogen-bond donors (Lipinski definition) is 1. The van der Waals surface area contributed by atoms with Crippen LogP contribution in [-0.2, 0) is 13.6 Å². The van der Waals surface area contributed by atoms with E-state index in [1.165, 1.54) is 10.4 Å². The molecule has 7 heteroatoms. The number of nitrogens with zero attached hydrogens (tertiary/aromatic N) is 5. The predicted octanol–water partition coefficient (Wildman–Crippen LogP) is 3.31. The predicted molar refractivity (Wildman–Crippen MR) is 115 cm³/mol. The van der Waals surface area contributed by atoms with E-state index in [1.807, 2.05) is 11.7 Å². The standard InChI is InChI=1S/C20H34N6S/c1-8-21-20(22-12-17(24(4)5)18-10-9-11-27-18)25(6)13-16-14-26(7)23-19(16)15(2)3/h9-11,14-15,17H,8,12-13H2,1-7H3,(H,21,22). The lowest BCUT2D eigenvalue weighted by atomic mass is 10.1. The van der Waals surface area contributed by atoms with E-state index in [0.29, 0.717) is 5.92 Å². The molecule has 27 heavy (non-hydrogen) atoms. The molecule has 1 N–H and O–H groups in total. The molecule has 0 aliphatic carbocycles. The number of guanidine groups is 1. The van der Waals surface area contributed by atoms with Crippen molar-refractivity contribution in [2.75, 3.05) is 34.2 Å². The Kier molecular flexibility index (Phi) is 7.86. The number of rotatable bonds is 8. The van der Waals surface area contributed by atoms with Crippen LogP contribution in [0.4, 0.5) is 0 Å². The number of aromatic nitrogens is 2. The zero-order valence-corrected chi connectivity index (χ0v) is 18.5. The molecule has 0 radical (unpaired) electrons. The Morgan fingerprint density at radius 3 is 2.63 bits per heavy atom. The van der Waals surface area contributed by atoms with Crippen molar-refractivity contribution in [2.24, 2.45) is 12.0 Å². The molecule has 0 aromatic carbocycles. The van der Waals surface area contributed by atoms with Gasteiger partial charge in [-0.1, -0.05) is 19.9 Å². The van der Waals surface area contributed by atoms with Crippen molar-refractivity contribution in [3.05, 3.63) is 39.8 Å². The molecule has 1 unspecified atom stereocenters. The Balaban J connectivity index is 2.16. The van der Waals surface area contributed by atoms with Crippen molar-refractivity contribution in [3.63, 3.8) is 0 Å². The summed E-state index contributed by atoms with van der Waals surface area (Å²) in [5, 5.41) is 10.2. The van der Waals surface area contributed by atoms with Crippen molar-refractivity contribution >= 4 is 17.3 Å². The van der Waals surface area contributed by atoms with Gasteiger partial charge >= 0.3 is 0 Å². The van der Waals surface area contributed by atoms with Gasteiger partial charge in [-0.2, -0.15) is 5.10 Å². The van der Waals surface area contributed by atoms with E-state index in [1.54, 1.807) is 11.3 Å². The molecule has 6 nitrogen and oxygen atoms in total. The molecule has 2 heterocycles. The van der Waals surface area contributed by atoms with Crippen LogP contribution < -0.4 is 5.32 Å². The van der Waals surface area contributed by atoms with Gasteiger partial charge in [-0.15, -0.1) is 11.3 Å². The molecule has 0 saturated heterocycles. The van der Waals surface area contributed by atoms with Crippen LogP contribution in [0.1, 0.15) is 48.9 Å². The molecule has 0 aliphatic rings. The third-order valence-electron chi connectivity index (χ3n) is 4.50. The number of thiophene rings is 1. The van der Waals surface area contributed by atoms with Crippen molar-refractivity contribution in [3.8, 4) is 0 Å². The van der Waals surface area contributed by atoms with Crippen LogP contribution in [0.25, 0.3) is 0 Å². The fourth-order valence-corrected chi connectivity index (χ4v) is 4.04. The van der Waals surface area contributed by atoms with E-state index >= 15 is 0 Å². The molecule has 0 spiro atoms. The SMILES string of the molecule is CCNC(=NCC(c1cccs1)N(C)C)N(C)Cc1cn(C)nc1C(C)C. The number of hydrogen-bond acceptors (Lipinski definition) is 4. The van der Waals surface area contributed by atoms with E-state index in [2.05, 4.69) is 85.8 Å². The van der Waals surface area contributed by atoms with Gasteiger partial charge in [-0.25, -0.2) is 0 Å². The molecule has 1 atom stereocenters. The van der Waals surface area contributed by atoms with Gasteiger partial charge < -0.3 is 15.1 Å². The Labute approximate surface area is 167 Å². The molecule has 0 saturated carbocycles. The summed E-state index contributed by atoms with van der Waals surface area (Å²) in [7, 11) is 8.30. The topological polar surface area (TPSA) is 48.7 Å². The first kappa shape index (κ1) is 21.4. The van der Waals surface area contributed by atoms with E-state index in [0.717, 1.165) is 31.3 Å². The molecule has 2 aromatic heterocycles. The third kappa shape index (κ3) is 5.81. The molecule has 150 valence electrons. The summed E-state index contributed by atoms with van der Waals surface area (Å²) in [5.41, 5.74) is 2.41. The molecule has 0 fully saturated rings. The minimum Gasteiger partial charge on any atom is -0.357 e. The monoisotopic (exact) mass is 390 g/mol. The second kappa shape index (κ2) is 9.90. The molecular formula is C20H34N6S. The van der Waals surface area contributed by atoms with E-state index < -0.39 is 0 Å². The zero-order valence-electron chi connectivity index (χ0n) is 17.7. The number of likely N-dealkylation sites (N-methyl/N-ethyl adjacent to an activating group) is 1. The van der Waals surface area contributed by atoms with Gasteiger partial charge in [0.05, 0.1) is 18.3 Å². The smallest absolute Gasteiger partial charge is 0.194 e. The second-order valence-electron chi connectivity index (χ2n) is 7.41. The molecule has 2 aromatic rings. The minimum atomic E-state index is 0.289. The lowest BCUT2D eigenvalue weighted by Gasteiger charge is -2.25. The van der Waals surface area contributed by atoms with Gasteiger partial charge in [0.1, 0.15) is 0 Å². The highest BCUT2D eigenvalue weighted by Gasteiger charge is 2.18. The number of aliphatic imine (C=N–C) groups is 1. The lowest BCUT2D eigenvalue weighted by molar-refractivity contribution is 0.309. The first-order chi connectivity index (χ1) is 12.8. The Bertz CT molecular complexity index is 717. The number of nitrogens with one attached hydrogen (secondary N) is 1. The summed E-state index contributed by atoms with van der Waals surface area (Å²) in [6.07, 6.45) is 2.11. The fourth-order valence-electron chi connectivity index (χ4n) is 3.12. The number of aryl methyl sites for hydroxylation is 1. The molecular weight excluding hydrogens is 356 g/mol. The van der Waals surface area contributed by atoms with Crippen LogP contribution >= 0.6 is 11.3 Å². The molecule has 0 aliphatic heterocycles. The van der Waals surface area contributed by atoms with Crippen molar-refractivity contribution in [1.29, 1.82) is 0 Å². The Morgan fingerprint density at radius 2 is 2.07 bits per heavy atom. The van der Waals surface area contributed by atoms with Crippen LogP contribution in [0.5, 0.6) is 0 Å². The molecule has 2 rings (SSSR count). The highest BCUT2D eigenvalue weighted by atomic mass is 32.1. The van der Waals surface area contributed by atoms with E-state index in [-0.39, 0.29) is 6.04 Å². The average Bonchev–Trinajstić information content (AvgIpc) is 3.23. The van der Waals surface area contributed by atoms with Crippen LogP contribution in [0, 0.1) is 0 Å². The van der Waals surface area contributed by atoms with Crippen molar-refractivity contribution in [2.45, 2.75) is 39.3 Å². The quantitative estimate of drug-likeness (QED) is 0.555. The zero-order chi connectivity index (χ0) is 20.0. The molecule has 0 amide bonds. The summed E-state index contributed by atoms with van der Waals surface area (Å²) in [4.78, 5) is 10.7. The highest BCUT2D eigenvalue weighted by molar-refractivity contribution is 7.10. The van der Waals surface area contributed by atoms with Gasteiger partial charge in [0.2, 0.25) is 0 Å². The first-order valence-electron chi connectivity index (χ1n) is 9.55. The third-order valence-corrected chi connectivity index (χ3v) is 5.47. The van der Waals surface area contributed by atoms with Gasteiger partial charge in [0.15, 0.2) is 5.96 Å². The maximum atomic E-state index is 4.94. The van der Waals surface area contributed by atoms with E-state index in [4.69, 9.17) is 4.99 Å². The summed E-state index contributed by atoms with van der Waals surface area (Å²) >= 11 is 1.79. The first-order valence-corrected chi connectivity index (χ1v) is 10.4. The Hall–Kier alpha value is -1.86.